The van der Waals surface area contributed by atoms with Crippen molar-refractivity contribution in [2.45, 2.75) is 25.0 Å². The van der Waals surface area contributed by atoms with Gasteiger partial charge in [-0.25, -0.2) is 0 Å². The lowest BCUT2D eigenvalue weighted by atomic mass is 9.93. The molecule has 1 saturated heterocycles. The van der Waals surface area contributed by atoms with E-state index >= 15 is 0 Å². The third-order valence-electron chi connectivity index (χ3n) is 3.32. The fraction of sp³-hybridized carbons (Fsp3) is 0.900. The fourth-order valence-corrected chi connectivity index (χ4v) is 2.65. The lowest BCUT2D eigenvalue weighted by Gasteiger charge is -2.20. The lowest BCUT2D eigenvalue weighted by molar-refractivity contribution is -0.142. The standard InChI is InChI=1S/C10H16O4/c1-12-5-7-6-3-10(11)14-9(6)4-8(7)13-2/h6-9H,3-5H2,1-2H3/t6?,7-,8-,9+/m0/s1. The van der Waals surface area contributed by atoms with Crippen molar-refractivity contribution in [1.29, 1.82) is 0 Å². The number of esters is 1. The van der Waals surface area contributed by atoms with Gasteiger partial charge in [-0.3, -0.25) is 4.79 Å². The summed E-state index contributed by atoms with van der Waals surface area (Å²) in [5, 5.41) is 0. The molecule has 1 unspecified atom stereocenters. The van der Waals surface area contributed by atoms with Gasteiger partial charge >= 0.3 is 5.97 Å². The number of methoxy groups -OCH3 is 2. The number of ether oxygens (including phenoxy) is 3. The second-order valence-electron chi connectivity index (χ2n) is 4.03. The zero-order chi connectivity index (χ0) is 10.1. The van der Waals surface area contributed by atoms with Crippen molar-refractivity contribution in [3.8, 4) is 0 Å². The maximum absolute atomic E-state index is 11.1. The summed E-state index contributed by atoms with van der Waals surface area (Å²) in [6, 6.07) is 0. The molecule has 4 nitrogen and oxygen atoms in total. The van der Waals surface area contributed by atoms with E-state index in [1.165, 1.54) is 0 Å². The Morgan fingerprint density at radius 1 is 1.50 bits per heavy atom. The second-order valence-corrected chi connectivity index (χ2v) is 4.03. The number of carbonyl (C=O) groups excluding carboxylic acids is 1. The normalized spacial score (nSPS) is 41.1. The summed E-state index contributed by atoms with van der Waals surface area (Å²) >= 11 is 0. The van der Waals surface area contributed by atoms with Crippen LogP contribution in [0, 0.1) is 11.8 Å². The van der Waals surface area contributed by atoms with E-state index in [0.717, 1.165) is 6.42 Å². The highest BCUT2D eigenvalue weighted by atomic mass is 16.6. The fourth-order valence-electron chi connectivity index (χ4n) is 2.65. The molecule has 0 aromatic carbocycles. The van der Waals surface area contributed by atoms with E-state index in [9.17, 15) is 4.79 Å². The van der Waals surface area contributed by atoms with E-state index in [1.807, 2.05) is 0 Å². The molecule has 0 aromatic heterocycles. The average Bonchev–Trinajstić information content (AvgIpc) is 2.64. The summed E-state index contributed by atoms with van der Waals surface area (Å²) in [5.41, 5.74) is 0. The molecule has 2 fully saturated rings. The van der Waals surface area contributed by atoms with Crippen LogP contribution in [-0.4, -0.2) is 39.0 Å². The molecule has 1 aliphatic carbocycles. The molecule has 0 bridgehead atoms. The zero-order valence-electron chi connectivity index (χ0n) is 8.56. The molecule has 0 spiro atoms. The summed E-state index contributed by atoms with van der Waals surface area (Å²) < 4.78 is 15.8. The number of fused-ring (bicyclic) bond motifs is 1. The third-order valence-corrected chi connectivity index (χ3v) is 3.32. The Balaban J connectivity index is 2.06. The van der Waals surface area contributed by atoms with Crippen molar-refractivity contribution >= 4 is 5.97 Å². The van der Waals surface area contributed by atoms with Gasteiger partial charge in [-0.1, -0.05) is 0 Å². The minimum atomic E-state index is -0.0735. The van der Waals surface area contributed by atoms with Gasteiger partial charge in [0.25, 0.3) is 0 Å². The molecule has 4 atom stereocenters. The van der Waals surface area contributed by atoms with Gasteiger partial charge < -0.3 is 14.2 Å². The van der Waals surface area contributed by atoms with Gasteiger partial charge in [0.1, 0.15) is 6.10 Å². The van der Waals surface area contributed by atoms with Crippen molar-refractivity contribution in [3.63, 3.8) is 0 Å². The summed E-state index contributed by atoms with van der Waals surface area (Å²) in [4.78, 5) is 11.1. The largest absolute Gasteiger partial charge is 0.462 e. The van der Waals surface area contributed by atoms with Gasteiger partial charge in [0, 0.05) is 32.5 Å². The minimum absolute atomic E-state index is 0.0626. The highest BCUT2D eigenvalue weighted by Crippen LogP contribution is 2.42. The summed E-state index contributed by atoms with van der Waals surface area (Å²) in [6.45, 7) is 0.649. The van der Waals surface area contributed by atoms with Gasteiger partial charge in [0.05, 0.1) is 19.1 Å². The third kappa shape index (κ3) is 1.53. The molecule has 1 heterocycles. The highest BCUT2D eigenvalue weighted by Gasteiger charge is 2.50. The van der Waals surface area contributed by atoms with E-state index in [-0.39, 0.29) is 18.2 Å². The molecule has 2 rings (SSSR count). The zero-order valence-corrected chi connectivity index (χ0v) is 8.56. The Morgan fingerprint density at radius 3 is 2.93 bits per heavy atom. The number of carbonyl (C=O) groups is 1. The highest BCUT2D eigenvalue weighted by molar-refractivity contribution is 5.72. The SMILES string of the molecule is COC[C@H]1C2CC(=O)O[C@@H]2C[C@@H]1OC. The van der Waals surface area contributed by atoms with E-state index in [0.29, 0.717) is 24.9 Å². The predicted molar refractivity (Wildman–Crippen MR) is 48.8 cm³/mol. The van der Waals surface area contributed by atoms with Crippen LogP contribution < -0.4 is 0 Å². The Bertz CT molecular complexity index is 228. The van der Waals surface area contributed by atoms with Crippen molar-refractivity contribution in [2.75, 3.05) is 20.8 Å². The molecule has 1 aliphatic heterocycles. The average molecular weight is 200 g/mol. The number of hydrogen-bond acceptors (Lipinski definition) is 4. The minimum Gasteiger partial charge on any atom is -0.462 e. The van der Waals surface area contributed by atoms with Crippen molar-refractivity contribution in [1.82, 2.24) is 0 Å². The molecule has 4 heteroatoms. The Kier molecular flexibility index (Phi) is 2.74. The smallest absolute Gasteiger partial charge is 0.306 e. The van der Waals surface area contributed by atoms with Gasteiger partial charge in [-0.15, -0.1) is 0 Å². The molecule has 14 heavy (non-hydrogen) atoms. The second kappa shape index (κ2) is 3.87. The van der Waals surface area contributed by atoms with Crippen molar-refractivity contribution < 1.29 is 19.0 Å². The van der Waals surface area contributed by atoms with Crippen LogP contribution >= 0.6 is 0 Å². The van der Waals surface area contributed by atoms with Crippen molar-refractivity contribution in [3.05, 3.63) is 0 Å². The van der Waals surface area contributed by atoms with E-state index < -0.39 is 0 Å². The maximum Gasteiger partial charge on any atom is 0.306 e. The number of hydrogen-bond donors (Lipinski definition) is 0. The Labute approximate surface area is 83.5 Å². The molecule has 2 aliphatic rings. The lowest BCUT2D eigenvalue weighted by Crippen LogP contribution is -2.26. The van der Waals surface area contributed by atoms with Gasteiger partial charge in [-0.2, -0.15) is 0 Å². The Hall–Kier alpha value is -0.610. The van der Waals surface area contributed by atoms with Crippen LogP contribution in [0.1, 0.15) is 12.8 Å². The quantitative estimate of drug-likeness (QED) is 0.626. The first-order chi connectivity index (χ1) is 6.76. The van der Waals surface area contributed by atoms with Gasteiger partial charge in [-0.05, 0) is 0 Å². The molecule has 80 valence electrons. The summed E-state index contributed by atoms with van der Waals surface area (Å²) in [5.74, 6) is 0.532. The number of rotatable bonds is 3. The molecule has 1 saturated carbocycles. The van der Waals surface area contributed by atoms with Gasteiger partial charge in [0.2, 0.25) is 0 Å². The summed E-state index contributed by atoms with van der Waals surface area (Å²) in [6.07, 6.45) is 1.59. The molecule has 0 aromatic rings. The van der Waals surface area contributed by atoms with Crippen LogP contribution in [0.25, 0.3) is 0 Å². The van der Waals surface area contributed by atoms with E-state index in [1.54, 1.807) is 14.2 Å². The topological polar surface area (TPSA) is 44.8 Å². The van der Waals surface area contributed by atoms with Crippen LogP contribution in [0.5, 0.6) is 0 Å². The Morgan fingerprint density at radius 2 is 2.29 bits per heavy atom. The first kappa shape index (κ1) is 9.93. The molecule has 0 amide bonds. The van der Waals surface area contributed by atoms with Gasteiger partial charge in [0.15, 0.2) is 0 Å². The van der Waals surface area contributed by atoms with Crippen LogP contribution in [0.3, 0.4) is 0 Å². The molecule has 0 N–H and O–H groups in total. The van der Waals surface area contributed by atoms with E-state index in [2.05, 4.69) is 0 Å². The van der Waals surface area contributed by atoms with E-state index in [4.69, 9.17) is 14.2 Å². The molecular formula is C10H16O4. The van der Waals surface area contributed by atoms with Crippen LogP contribution in [0.4, 0.5) is 0 Å². The monoisotopic (exact) mass is 200 g/mol. The van der Waals surface area contributed by atoms with Crippen LogP contribution in [-0.2, 0) is 19.0 Å². The first-order valence-electron chi connectivity index (χ1n) is 4.97. The van der Waals surface area contributed by atoms with Crippen molar-refractivity contribution in [2.24, 2.45) is 11.8 Å². The maximum atomic E-state index is 11.1. The predicted octanol–water partition coefficient (Wildman–Crippen LogP) is 0.599. The molecule has 0 radical (unpaired) electrons. The summed E-state index contributed by atoms with van der Waals surface area (Å²) in [7, 11) is 3.38. The van der Waals surface area contributed by atoms with Crippen LogP contribution in [0.2, 0.25) is 0 Å². The van der Waals surface area contributed by atoms with Crippen LogP contribution in [0.15, 0.2) is 0 Å². The molecular weight excluding hydrogens is 184 g/mol. The first-order valence-corrected chi connectivity index (χ1v) is 4.97.